The number of hydrogen-bond acceptors (Lipinski definition) is 1. The monoisotopic (exact) mass is 248 g/mol. The summed E-state index contributed by atoms with van der Waals surface area (Å²) in [5.41, 5.74) is 2.00. The van der Waals surface area contributed by atoms with Crippen molar-refractivity contribution in [3.05, 3.63) is 70.8 Å². The highest BCUT2D eigenvalue weighted by atomic mass is 19.1. The van der Waals surface area contributed by atoms with E-state index in [9.17, 15) is 13.9 Å². The van der Waals surface area contributed by atoms with Crippen LogP contribution in [0, 0.1) is 18.6 Å². The van der Waals surface area contributed by atoms with E-state index in [0.717, 1.165) is 29.3 Å². The standard InChI is InChI=1S/C15H14F2O/c1-10-2-4-11(5-3-10)8-15(18)13-9-12(16)6-7-14(13)17/h2-7,9,15,18H,8H2,1H3. The molecule has 1 atom stereocenters. The van der Waals surface area contributed by atoms with Crippen molar-refractivity contribution < 1.29 is 13.9 Å². The molecule has 2 rings (SSSR count). The molecule has 0 aromatic heterocycles. The molecule has 18 heavy (non-hydrogen) atoms. The molecule has 1 N–H and O–H groups in total. The highest BCUT2D eigenvalue weighted by Crippen LogP contribution is 2.22. The second-order valence-electron chi connectivity index (χ2n) is 4.37. The molecular weight excluding hydrogens is 234 g/mol. The lowest BCUT2D eigenvalue weighted by Crippen LogP contribution is -2.05. The summed E-state index contributed by atoms with van der Waals surface area (Å²) >= 11 is 0. The van der Waals surface area contributed by atoms with E-state index in [1.54, 1.807) is 0 Å². The van der Waals surface area contributed by atoms with Crippen LogP contribution >= 0.6 is 0 Å². The van der Waals surface area contributed by atoms with Gasteiger partial charge in [0.05, 0.1) is 6.10 Å². The van der Waals surface area contributed by atoms with E-state index in [0.29, 0.717) is 0 Å². The molecular formula is C15H14F2O. The lowest BCUT2D eigenvalue weighted by Gasteiger charge is -2.12. The van der Waals surface area contributed by atoms with Gasteiger partial charge in [0.1, 0.15) is 11.6 Å². The van der Waals surface area contributed by atoms with Gasteiger partial charge in [-0.05, 0) is 30.7 Å². The second-order valence-corrected chi connectivity index (χ2v) is 4.37. The Morgan fingerprint density at radius 1 is 1.06 bits per heavy atom. The summed E-state index contributed by atoms with van der Waals surface area (Å²) in [6.45, 7) is 1.96. The number of aliphatic hydroxyl groups excluding tert-OH is 1. The third kappa shape index (κ3) is 2.93. The summed E-state index contributed by atoms with van der Waals surface area (Å²) in [5, 5.41) is 9.94. The van der Waals surface area contributed by atoms with Gasteiger partial charge in [0, 0.05) is 12.0 Å². The summed E-state index contributed by atoms with van der Waals surface area (Å²) < 4.78 is 26.5. The minimum absolute atomic E-state index is 0.00410. The van der Waals surface area contributed by atoms with Crippen molar-refractivity contribution >= 4 is 0 Å². The maximum atomic E-state index is 13.5. The lowest BCUT2D eigenvalue weighted by molar-refractivity contribution is 0.173. The molecule has 0 heterocycles. The molecule has 0 saturated heterocycles. The minimum atomic E-state index is -1.04. The number of benzene rings is 2. The van der Waals surface area contributed by atoms with E-state index in [2.05, 4.69) is 0 Å². The van der Waals surface area contributed by atoms with Crippen molar-refractivity contribution in [1.29, 1.82) is 0 Å². The van der Waals surface area contributed by atoms with Gasteiger partial charge in [-0.1, -0.05) is 29.8 Å². The maximum Gasteiger partial charge on any atom is 0.129 e. The fraction of sp³-hybridized carbons (Fsp3) is 0.200. The normalized spacial score (nSPS) is 12.4. The van der Waals surface area contributed by atoms with Crippen molar-refractivity contribution in [2.24, 2.45) is 0 Å². The predicted octanol–water partition coefficient (Wildman–Crippen LogP) is 3.55. The van der Waals surface area contributed by atoms with Crippen LogP contribution in [0.4, 0.5) is 8.78 Å². The fourth-order valence-electron chi connectivity index (χ4n) is 1.83. The molecule has 0 bridgehead atoms. The Hall–Kier alpha value is -1.74. The number of aryl methyl sites for hydroxylation is 1. The molecule has 0 aliphatic carbocycles. The molecule has 0 amide bonds. The Bertz CT molecular complexity index is 535. The molecule has 94 valence electrons. The molecule has 1 nitrogen and oxygen atoms in total. The van der Waals surface area contributed by atoms with Crippen LogP contribution in [0.15, 0.2) is 42.5 Å². The van der Waals surface area contributed by atoms with Crippen molar-refractivity contribution in [3.63, 3.8) is 0 Å². The first-order chi connectivity index (χ1) is 8.56. The molecule has 0 radical (unpaired) electrons. The molecule has 0 saturated carbocycles. The quantitative estimate of drug-likeness (QED) is 0.880. The zero-order valence-electron chi connectivity index (χ0n) is 10.0. The highest BCUT2D eigenvalue weighted by molar-refractivity contribution is 5.26. The van der Waals surface area contributed by atoms with E-state index in [1.165, 1.54) is 0 Å². The zero-order valence-corrected chi connectivity index (χ0v) is 10.0. The molecule has 0 aliphatic heterocycles. The minimum Gasteiger partial charge on any atom is -0.388 e. The van der Waals surface area contributed by atoms with Crippen molar-refractivity contribution in [2.45, 2.75) is 19.4 Å². The average molecular weight is 248 g/mol. The van der Waals surface area contributed by atoms with Gasteiger partial charge in [-0.25, -0.2) is 8.78 Å². The summed E-state index contributed by atoms with van der Waals surface area (Å²) in [7, 11) is 0. The molecule has 2 aromatic carbocycles. The summed E-state index contributed by atoms with van der Waals surface area (Å²) in [4.78, 5) is 0. The largest absolute Gasteiger partial charge is 0.388 e. The molecule has 3 heteroatoms. The van der Waals surface area contributed by atoms with Crippen LogP contribution in [0.1, 0.15) is 22.8 Å². The van der Waals surface area contributed by atoms with Gasteiger partial charge in [0.25, 0.3) is 0 Å². The van der Waals surface area contributed by atoms with Crippen molar-refractivity contribution in [3.8, 4) is 0 Å². The third-order valence-corrected chi connectivity index (χ3v) is 2.87. The molecule has 0 spiro atoms. The number of aliphatic hydroxyl groups is 1. The van der Waals surface area contributed by atoms with E-state index in [-0.39, 0.29) is 12.0 Å². The van der Waals surface area contributed by atoms with Crippen molar-refractivity contribution in [1.82, 2.24) is 0 Å². The van der Waals surface area contributed by atoms with E-state index in [4.69, 9.17) is 0 Å². The summed E-state index contributed by atoms with van der Waals surface area (Å²) in [6, 6.07) is 10.7. The third-order valence-electron chi connectivity index (χ3n) is 2.87. The Morgan fingerprint density at radius 3 is 2.39 bits per heavy atom. The Balaban J connectivity index is 2.18. The first-order valence-corrected chi connectivity index (χ1v) is 5.75. The second kappa shape index (κ2) is 5.27. The van der Waals surface area contributed by atoms with E-state index in [1.807, 2.05) is 31.2 Å². The Labute approximate surface area is 105 Å². The van der Waals surface area contributed by atoms with Gasteiger partial charge in [-0.3, -0.25) is 0 Å². The smallest absolute Gasteiger partial charge is 0.129 e. The SMILES string of the molecule is Cc1ccc(CC(O)c2cc(F)ccc2F)cc1. The average Bonchev–Trinajstić information content (AvgIpc) is 2.35. The van der Waals surface area contributed by atoms with Crippen LogP contribution in [-0.2, 0) is 6.42 Å². The van der Waals surface area contributed by atoms with Crippen LogP contribution < -0.4 is 0 Å². The Kier molecular flexibility index (Phi) is 3.72. The van der Waals surface area contributed by atoms with Gasteiger partial charge in [-0.2, -0.15) is 0 Å². The van der Waals surface area contributed by atoms with Crippen LogP contribution in [0.2, 0.25) is 0 Å². The first-order valence-electron chi connectivity index (χ1n) is 5.75. The van der Waals surface area contributed by atoms with Gasteiger partial charge >= 0.3 is 0 Å². The number of rotatable bonds is 3. The molecule has 1 unspecified atom stereocenters. The van der Waals surface area contributed by atoms with Gasteiger partial charge < -0.3 is 5.11 Å². The summed E-state index contributed by atoms with van der Waals surface area (Å²) in [6.07, 6.45) is -0.774. The fourth-order valence-corrected chi connectivity index (χ4v) is 1.83. The topological polar surface area (TPSA) is 20.2 Å². The van der Waals surface area contributed by atoms with Gasteiger partial charge in [0.2, 0.25) is 0 Å². The van der Waals surface area contributed by atoms with Gasteiger partial charge in [-0.15, -0.1) is 0 Å². The lowest BCUT2D eigenvalue weighted by atomic mass is 10.0. The van der Waals surface area contributed by atoms with Crippen LogP contribution in [0.3, 0.4) is 0 Å². The Morgan fingerprint density at radius 2 is 1.72 bits per heavy atom. The van der Waals surface area contributed by atoms with Gasteiger partial charge in [0.15, 0.2) is 0 Å². The zero-order chi connectivity index (χ0) is 13.1. The highest BCUT2D eigenvalue weighted by Gasteiger charge is 2.14. The van der Waals surface area contributed by atoms with E-state index < -0.39 is 17.7 Å². The van der Waals surface area contributed by atoms with Crippen molar-refractivity contribution in [2.75, 3.05) is 0 Å². The summed E-state index contributed by atoms with van der Waals surface area (Å²) in [5.74, 6) is -1.13. The predicted molar refractivity (Wildman–Crippen MR) is 66.2 cm³/mol. The van der Waals surface area contributed by atoms with Crippen LogP contribution in [0.5, 0.6) is 0 Å². The number of halogens is 2. The first kappa shape index (κ1) is 12.7. The molecule has 2 aromatic rings. The molecule has 0 aliphatic rings. The maximum absolute atomic E-state index is 13.5. The van der Waals surface area contributed by atoms with E-state index >= 15 is 0 Å². The van der Waals surface area contributed by atoms with Crippen LogP contribution in [0.25, 0.3) is 0 Å². The molecule has 0 fully saturated rings. The van der Waals surface area contributed by atoms with Crippen LogP contribution in [-0.4, -0.2) is 5.11 Å². The number of hydrogen-bond donors (Lipinski definition) is 1.